The van der Waals surface area contributed by atoms with Crippen molar-refractivity contribution in [2.45, 2.75) is 101 Å². The summed E-state index contributed by atoms with van der Waals surface area (Å²) in [6.07, 6.45) is -9.45. The molecular formula is C25H34O11. The van der Waals surface area contributed by atoms with Crippen LogP contribution in [0.3, 0.4) is 0 Å². The van der Waals surface area contributed by atoms with Crippen LogP contribution in [0.1, 0.15) is 69.4 Å². The molecule has 2 aliphatic carbocycles. The van der Waals surface area contributed by atoms with Crippen LogP contribution < -0.4 is 5.63 Å². The van der Waals surface area contributed by atoms with E-state index in [0.717, 1.165) is 0 Å². The third-order valence-corrected chi connectivity index (χ3v) is 8.66. The maximum atomic E-state index is 13.2. The molecule has 0 bridgehead atoms. The first-order valence-corrected chi connectivity index (χ1v) is 12.4. The SMILES string of the molecule is CC(C)c1oc(=O)cc2c1[C@H](O)[C@H]1OC(=O)[C@@]3(C)C[C@H](O[C@@H]4O[C@H](CO)[C@@H](O)[C@H](O)[C@H]4O)C[C@@]2(C)[C@H]13. The first-order chi connectivity index (χ1) is 16.8. The molecule has 1 aromatic rings. The van der Waals surface area contributed by atoms with Gasteiger partial charge < -0.3 is 44.2 Å². The third-order valence-electron chi connectivity index (χ3n) is 8.66. The predicted octanol–water partition coefficient (Wildman–Crippen LogP) is -0.405. The number of aliphatic hydroxyl groups excluding tert-OH is 5. The average Bonchev–Trinajstić information content (AvgIpc) is 3.08. The van der Waals surface area contributed by atoms with Crippen molar-refractivity contribution in [3.63, 3.8) is 0 Å². The van der Waals surface area contributed by atoms with Crippen LogP contribution in [0.25, 0.3) is 0 Å². The van der Waals surface area contributed by atoms with Crippen molar-refractivity contribution in [1.82, 2.24) is 0 Å². The van der Waals surface area contributed by atoms with E-state index in [1.165, 1.54) is 6.07 Å². The molecule has 0 aromatic carbocycles. The van der Waals surface area contributed by atoms with Crippen LogP contribution >= 0.6 is 0 Å². The van der Waals surface area contributed by atoms with Gasteiger partial charge in [0.1, 0.15) is 42.4 Å². The summed E-state index contributed by atoms with van der Waals surface area (Å²) >= 11 is 0. The highest BCUT2D eigenvalue weighted by Gasteiger charge is 2.69. The smallest absolute Gasteiger partial charge is 0.336 e. The molecule has 1 aromatic heterocycles. The van der Waals surface area contributed by atoms with Gasteiger partial charge in [0.15, 0.2) is 6.29 Å². The fourth-order valence-corrected chi connectivity index (χ4v) is 7.12. The Morgan fingerprint density at radius 3 is 2.36 bits per heavy atom. The van der Waals surface area contributed by atoms with Gasteiger partial charge in [0.05, 0.1) is 18.1 Å². The van der Waals surface area contributed by atoms with Gasteiger partial charge in [0.25, 0.3) is 0 Å². The first kappa shape index (κ1) is 25.8. The van der Waals surface area contributed by atoms with Crippen molar-refractivity contribution in [1.29, 1.82) is 0 Å². The fourth-order valence-electron chi connectivity index (χ4n) is 7.12. The molecule has 36 heavy (non-hydrogen) atoms. The van der Waals surface area contributed by atoms with Crippen molar-refractivity contribution in [3.8, 4) is 0 Å². The Morgan fingerprint density at radius 2 is 1.72 bits per heavy atom. The summed E-state index contributed by atoms with van der Waals surface area (Å²) in [5.74, 6) is -0.832. The van der Waals surface area contributed by atoms with Crippen LogP contribution in [0.2, 0.25) is 0 Å². The molecule has 3 heterocycles. The van der Waals surface area contributed by atoms with Crippen molar-refractivity contribution in [3.05, 3.63) is 33.4 Å². The van der Waals surface area contributed by atoms with Crippen molar-refractivity contribution in [2.24, 2.45) is 11.3 Å². The number of ether oxygens (including phenoxy) is 3. The Balaban J connectivity index is 1.57. The van der Waals surface area contributed by atoms with E-state index in [-0.39, 0.29) is 18.8 Å². The molecule has 200 valence electrons. The lowest BCUT2D eigenvalue weighted by Gasteiger charge is -2.55. The lowest BCUT2D eigenvalue weighted by molar-refractivity contribution is -0.317. The number of hydrogen-bond acceptors (Lipinski definition) is 11. The van der Waals surface area contributed by atoms with Gasteiger partial charge in [0.2, 0.25) is 0 Å². The molecule has 0 spiro atoms. The third kappa shape index (κ3) is 3.52. The summed E-state index contributed by atoms with van der Waals surface area (Å²) in [5, 5.41) is 51.6. The molecule has 3 fully saturated rings. The van der Waals surface area contributed by atoms with Gasteiger partial charge in [-0.05, 0) is 25.3 Å². The standard InChI is InChI=1S/C25H34O11/c1-9(2)19-14-11(5-13(27)35-19)24(3)6-10(7-25(4)21(24)20(16(14)29)36-23(25)32)33-22-18(31)17(30)15(28)12(8-26)34-22/h5,9-10,12,15-18,20-22,26,28-31H,6-8H2,1-4H3/t10-,12-,15-,16+,17+,18-,20-,21+,22-,24-,25+/m1/s1. The van der Waals surface area contributed by atoms with Gasteiger partial charge in [-0.1, -0.05) is 20.8 Å². The molecule has 11 nitrogen and oxygen atoms in total. The number of rotatable bonds is 4. The second-order valence-electron chi connectivity index (χ2n) is 11.4. The van der Waals surface area contributed by atoms with Crippen molar-refractivity contribution in [2.75, 3.05) is 6.61 Å². The predicted molar refractivity (Wildman–Crippen MR) is 121 cm³/mol. The quantitative estimate of drug-likeness (QED) is 0.333. The Bertz CT molecular complexity index is 1100. The molecule has 0 radical (unpaired) electrons. The number of carbonyl (C=O) groups is 1. The second kappa shape index (κ2) is 8.59. The maximum absolute atomic E-state index is 13.2. The Labute approximate surface area is 207 Å². The Hall–Kier alpha value is -1.86. The zero-order chi connectivity index (χ0) is 26.3. The second-order valence-corrected chi connectivity index (χ2v) is 11.4. The van der Waals surface area contributed by atoms with Crippen LogP contribution in [0.15, 0.2) is 15.3 Å². The molecule has 2 saturated heterocycles. The van der Waals surface area contributed by atoms with Gasteiger partial charge in [0, 0.05) is 28.9 Å². The molecule has 5 rings (SSSR count). The van der Waals surface area contributed by atoms with E-state index < -0.39 is 84.0 Å². The molecular weight excluding hydrogens is 476 g/mol. The maximum Gasteiger partial charge on any atom is 0.336 e. The number of aliphatic hydroxyl groups is 5. The molecule has 2 aliphatic heterocycles. The minimum Gasteiger partial charge on any atom is -0.458 e. The molecule has 11 heteroatoms. The van der Waals surface area contributed by atoms with Gasteiger partial charge in [-0.25, -0.2) is 4.79 Å². The van der Waals surface area contributed by atoms with Gasteiger partial charge >= 0.3 is 11.6 Å². The fraction of sp³-hybridized carbons (Fsp3) is 0.760. The van der Waals surface area contributed by atoms with Crippen LogP contribution in [0.5, 0.6) is 0 Å². The Kier molecular flexibility index (Phi) is 6.15. The summed E-state index contributed by atoms with van der Waals surface area (Å²) in [4.78, 5) is 25.8. The highest BCUT2D eigenvalue weighted by Crippen LogP contribution is 2.64. The highest BCUT2D eigenvalue weighted by atomic mass is 16.7. The monoisotopic (exact) mass is 510 g/mol. The molecule has 5 N–H and O–H groups in total. The van der Waals surface area contributed by atoms with Gasteiger partial charge in [-0.15, -0.1) is 0 Å². The summed E-state index contributed by atoms with van der Waals surface area (Å²) in [5.41, 5.74) is -1.48. The van der Waals surface area contributed by atoms with Crippen molar-refractivity contribution >= 4 is 5.97 Å². The van der Waals surface area contributed by atoms with Crippen LogP contribution in [0.4, 0.5) is 0 Å². The molecule has 0 unspecified atom stereocenters. The number of carbonyl (C=O) groups excluding carboxylic acids is 1. The zero-order valence-electron chi connectivity index (χ0n) is 20.7. The minimum atomic E-state index is -1.60. The average molecular weight is 511 g/mol. The van der Waals surface area contributed by atoms with E-state index in [1.807, 2.05) is 20.8 Å². The van der Waals surface area contributed by atoms with Crippen LogP contribution in [0, 0.1) is 11.3 Å². The summed E-state index contributed by atoms with van der Waals surface area (Å²) in [6.45, 7) is 6.74. The van der Waals surface area contributed by atoms with E-state index in [9.17, 15) is 35.1 Å². The lowest BCUT2D eigenvalue weighted by atomic mass is 9.49. The summed E-state index contributed by atoms with van der Waals surface area (Å²) in [7, 11) is 0. The minimum absolute atomic E-state index is 0.179. The first-order valence-electron chi connectivity index (χ1n) is 12.4. The lowest BCUT2D eigenvalue weighted by Crippen LogP contribution is -2.61. The molecule has 0 amide bonds. The van der Waals surface area contributed by atoms with E-state index in [0.29, 0.717) is 16.9 Å². The van der Waals surface area contributed by atoms with Crippen LogP contribution in [-0.4, -0.2) is 81.0 Å². The summed E-state index contributed by atoms with van der Waals surface area (Å²) in [6, 6.07) is 1.36. The molecule has 4 aliphatic rings. The van der Waals surface area contributed by atoms with Gasteiger partial charge in [-0.2, -0.15) is 0 Å². The topological polar surface area (TPSA) is 176 Å². The van der Waals surface area contributed by atoms with E-state index in [1.54, 1.807) is 6.92 Å². The Morgan fingerprint density at radius 1 is 1.06 bits per heavy atom. The zero-order valence-corrected chi connectivity index (χ0v) is 20.7. The van der Waals surface area contributed by atoms with E-state index in [2.05, 4.69) is 0 Å². The van der Waals surface area contributed by atoms with Gasteiger partial charge in [-0.3, -0.25) is 4.79 Å². The normalized spacial score (nSPS) is 45.8. The number of hydrogen-bond donors (Lipinski definition) is 5. The van der Waals surface area contributed by atoms with E-state index in [4.69, 9.17) is 18.6 Å². The molecule has 1 saturated carbocycles. The molecule has 11 atom stereocenters. The number of esters is 1. The number of fused-ring (bicyclic) bond motifs is 2. The van der Waals surface area contributed by atoms with E-state index >= 15 is 0 Å². The highest BCUT2D eigenvalue weighted by molar-refractivity contribution is 5.81. The largest absolute Gasteiger partial charge is 0.458 e. The summed E-state index contributed by atoms with van der Waals surface area (Å²) < 4.78 is 22.9. The van der Waals surface area contributed by atoms with Crippen LogP contribution in [-0.2, 0) is 24.4 Å². The van der Waals surface area contributed by atoms with Crippen molar-refractivity contribution < 1.29 is 49.0 Å².